The number of nitrogens with zero attached hydrogens (tertiary/aromatic N) is 3. The molecule has 3 aliphatic rings. The molecule has 290 valence electrons. The number of carbonyl (C=O) groups is 4. The maximum Gasteiger partial charge on any atom is 0.411 e. The van der Waals surface area contributed by atoms with Crippen molar-refractivity contribution < 1.29 is 42.2 Å². The van der Waals surface area contributed by atoms with E-state index < -0.39 is 60.0 Å². The number of alkyl halides is 2. The number of nitrogens with one attached hydrogen (secondary N) is 1. The zero-order valence-corrected chi connectivity index (χ0v) is 31.8. The number of amides is 3. The molecule has 7 rings (SSSR count). The lowest BCUT2D eigenvalue weighted by Gasteiger charge is -2.31. The minimum atomic E-state index is -1.36. The molecule has 3 amide bonds. The van der Waals surface area contributed by atoms with Gasteiger partial charge in [0.1, 0.15) is 35.3 Å². The van der Waals surface area contributed by atoms with E-state index in [4.69, 9.17) is 14.2 Å². The first-order chi connectivity index (χ1) is 25.9. The van der Waals surface area contributed by atoms with E-state index >= 15 is 0 Å². The minimum Gasteiger partial charge on any atom is -0.465 e. The van der Waals surface area contributed by atoms with Gasteiger partial charge >= 0.3 is 12.2 Å². The average molecular weight is 757 g/mol. The summed E-state index contributed by atoms with van der Waals surface area (Å²) in [5.74, 6) is -0.305. The quantitative estimate of drug-likeness (QED) is 0.212. The van der Waals surface area contributed by atoms with Gasteiger partial charge in [-0.2, -0.15) is 0 Å². The van der Waals surface area contributed by atoms with Crippen molar-refractivity contribution in [3.8, 4) is 17.0 Å². The van der Waals surface area contributed by atoms with Crippen molar-refractivity contribution in [3.63, 3.8) is 0 Å². The molecule has 0 aliphatic carbocycles. The predicted molar refractivity (Wildman–Crippen MR) is 202 cm³/mol. The SMILES string of the molecule is CC(C)(C)OC(=O)N1C[C@@H](F)C[C@H]1C(=O)Cc1ccc2c(c1)cc1n2C(c2ccccc2)Oc2cc(NC(=O)[C@@H]3C[C@@H](F)CN3C(=O)OC(C)(C)C)ccc2-1. The van der Waals surface area contributed by atoms with Crippen LogP contribution in [-0.4, -0.2) is 87.0 Å². The second-order valence-corrected chi connectivity index (χ2v) is 16.5. The Morgan fingerprint density at radius 3 is 2.04 bits per heavy atom. The Kier molecular flexibility index (Phi) is 9.85. The monoisotopic (exact) mass is 756 g/mol. The number of fused-ring (bicyclic) bond motifs is 5. The van der Waals surface area contributed by atoms with Crippen molar-refractivity contribution in [2.45, 2.75) is 103 Å². The first-order valence-corrected chi connectivity index (χ1v) is 18.5. The van der Waals surface area contributed by atoms with Gasteiger partial charge in [-0.3, -0.25) is 19.4 Å². The van der Waals surface area contributed by atoms with Crippen molar-refractivity contribution >= 4 is 40.5 Å². The third-order valence-corrected chi connectivity index (χ3v) is 9.79. The van der Waals surface area contributed by atoms with E-state index in [1.165, 1.54) is 4.90 Å². The largest absolute Gasteiger partial charge is 0.465 e. The number of ether oxygens (including phenoxy) is 3. The first-order valence-electron chi connectivity index (χ1n) is 18.5. The lowest BCUT2D eigenvalue weighted by Crippen LogP contribution is -2.45. The Morgan fingerprint density at radius 1 is 0.782 bits per heavy atom. The molecule has 1 unspecified atom stereocenters. The number of Topliss-reactive ketones (excluding diaryl/α,β-unsaturated/α-hetero) is 1. The van der Waals surface area contributed by atoms with Crippen LogP contribution in [0.25, 0.3) is 22.2 Å². The number of carbonyl (C=O) groups excluding carboxylic acids is 4. The summed E-state index contributed by atoms with van der Waals surface area (Å²) in [4.78, 5) is 55.1. The second-order valence-electron chi connectivity index (χ2n) is 16.5. The van der Waals surface area contributed by atoms with Crippen molar-refractivity contribution in [1.82, 2.24) is 14.4 Å². The zero-order chi connectivity index (χ0) is 39.4. The fourth-order valence-corrected chi connectivity index (χ4v) is 7.49. The van der Waals surface area contributed by atoms with E-state index in [0.717, 1.165) is 32.6 Å². The van der Waals surface area contributed by atoms with Gasteiger partial charge in [-0.1, -0.05) is 36.4 Å². The second kappa shape index (κ2) is 14.3. The Labute approximate surface area is 318 Å². The molecule has 13 heteroatoms. The Balaban J connectivity index is 1.16. The fraction of sp³-hybridized carbons (Fsp3) is 0.429. The Hall–Kier alpha value is -5.46. The predicted octanol–water partition coefficient (Wildman–Crippen LogP) is 7.99. The van der Waals surface area contributed by atoms with Gasteiger partial charge in [0, 0.05) is 47.5 Å². The summed E-state index contributed by atoms with van der Waals surface area (Å²) in [6.45, 7) is 9.88. The molecule has 2 saturated heterocycles. The van der Waals surface area contributed by atoms with E-state index in [0.29, 0.717) is 17.0 Å². The molecule has 0 bridgehead atoms. The topological polar surface area (TPSA) is 119 Å². The van der Waals surface area contributed by atoms with Gasteiger partial charge in [-0.05, 0) is 77.4 Å². The molecular formula is C42H46F2N4O7. The van der Waals surface area contributed by atoms with Gasteiger partial charge in [0.05, 0.1) is 30.3 Å². The first kappa shape index (κ1) is 37.8. The van der Waals surface area contributed by atoms with Crippen molar-refractivity contribution in [3.05, 3.63) is 83.9 Å². The van der Waals surface area contributed by atoms with Crippen LogP contribution in [0.4, 0.5) is 24.1 Å². The van der Waals surface area contributed by atoms with Crippen LogP contribution in [0.5, 0.6) is 5.75 Å². The number of hydrogen-bond acceptors (Lipinski definition) is 7. The maximum atomic E-state index is 14.5. The number of ketones is 1. The lowest BCUT2D eigenvalue weighted by atomic mass is 10.0. The molecule has 4 aromatic rings. The lowest BCUT2D eigenvalue weighted by molar-refractivity contribution is -0.122. The summed E-state index contributed by atoms with van der Waals surface area (Å²) in [5, 5.41) is 3.70. The molecule has 3 aromatic carbocycles. The van der Waals surface area contributed by atoms with Crippen molar-refractivity contribution in [2.24, 2.45) is 0 Å². The summed E-state index contributed by atoms with van der Waals surface area (Å²) < 4.78 is 48.7. The number of benzene rings is 3. The van der Waals surface area contributed by atoms with E-state index in [1.807, 2.05) is 60.7 Å². The van der Waals surface area contributed by atoms with Crippen LogP contribution in [-0.2, 0) is 25.5 Å². The van der Waals surface area contributed by atoms with Gasteiger partial charge in [-0.15, -0.1) is 0 Å². The molecule has 11 nitrogen and oxygen atoms in total. The molecule has 0 saturated carbocycles. The van der Waals surface area contributed by atoms with Gasteiger partial charge in [0.2, 0.25) is 12.1 Å². The zero-order valence-electron chi connectivity index (χ0n) is 31.8. The molecule has 4 heterocycles. The van der Waals surface area contributed by atoms with Gasteiger partial charge in [-0.25, -0.2) is 18.4 Å². The van der Waals surface area contributed by atoms with Crippen LogP contribution >= 0.6 is 0 Å². The number of anilines is 1. The van der Waals surface area contributed by atoms with Crippen LogP contribution in [0.1, 0.15) is 71.7 Å². The molecule has 0 radical (unpaired) electrons. The highest BCUT2D eigenvalue weighted by molar-refractivity contribution is 5.98. The number of aromatic nitrogens is 1. The van der Waals surface area contributed by atoms with Crippen molar-refractivity contribution in [2.75, 3.05) is 18.4 Å². The average Bonchev–Trinajstić information content (AvgIpc) is 3.81. The van der Waals surface area contributed by atoms with Crippen LogP contribution in [0.2, 0.25) is 0 Å². The molecular weight excluding hydrogens is 710 g/mol. The van der Waals surface area contributed by atoms with Crippen LogP contribution < -0.4 is 10.1 Å². The smallest absolute Gasteiger partial charge is 0.411 e. The van der Waals surface area contributed by atoms with Crippen LogP contribution in [0.15, 0.2) is 72.8 Å². The van der Waals surface area contributed by atoms with E-state index in [2.05, 4.69) is 9.88 Å². The molecule has 3 aliphatic heterocycles. The van der Waals surface area contributed by atoms with Gasteiger partial charge < -0.3 is 24.1 Å². The highest BCUT2D eigenvalue weighted by Gasteiger charge is 2.43. The van der Waals surface area contributed by atoms with E-state index in [1.54, 1.807) is 53.7 Å². The Bertz CT molecular complexity index is 2140. The summed E-state index contributed by atoms with van der Waals surface area (Å²) >= 11 is 0. The molecule has 5 atom stereocenters. The van der Waals surface area contributed by atoms with E-state index in [-0.39, 0.29) is 38.1 Å². The number of likely N-dealkylation sites (tertiary alicyclic amines) is 2. The van der Waals surface area contributed by atoms with Gasteiger partial charge in [0.15, 0.2) is 5.78 Å². The molecule has 0 spiro atoms. The molecule has 2 fully saturated rings. The normalized spacial score (nSPS) is 22.1. The molecule has 1 aromatic heterocycles. The molecule has 1 N–H and O–H groups in total. The summed E-state index contributed by atoms with van der Waals surface area (Å²) in [6.07, 6.45) is -4.94. The molecule has 55 heavy (non-hydrogen) atoms. The van der Waals surface area contributed by atoms with Gasteiger partial charge in [0.25, 0.3) is 0 Å². The van der Waals surface area contributed by atoms with E-state index in [9.17, 15) is 28.0 Å². The third kappa shape index (κ3) is 8.01. The summed E-state index contributed by atoms with van der Waals surface area (Å²) in [5.41, 5.74) is 2.86. The number of rotatable bonds is 6. The highest BCUT2D eigenvalue weighted by atomic mass is 19.1. The van der Waals surface area contributed by atoms with Crippen molar-refractivity contribution in [1.29, 1.82) is 0 Å². The standard InChI is InChI=1S/C42H46F2N4O7/c1-41(2,3)54-39(51)46-22-27(43)19-33(46)35(49)17-24-12-15-31-26(16-24)18-32-30-14-13-29(21-36(30)53-38(48(31)32)25-10-8-7-9-11-25)45-37(50)34-20-28(44)23-47(34)40(52)55-42(4,5)6/h7-16,18,21,27-28,33-34,38H,17,19-20,22-23H2,1-6H3,(H,45,50)/t27-,28+,33-,34-,38?/m0/s1. The van der Waals surface area contributed by atoms with Crippen LogP contribution in [0.3, 0.4) is 0 Å². The fourth-order valence-electron chi connectivity index (χ4n) is 7.49. The number of hydrogen-bond donors (Lipinski definition) is 1. The van der Waals surface area contributed by atoms with Crippen LogP contribution in [0, 0.1) is 0 Å². The maximum absolute atomic E-state index is 14.5. The summed E-state index contributed by atoms with van der Waals surface area (Å²) in [6, 6.07) is 20.7. The summed E-state index contributed by atoms with van der Waals surface area (Å²) in [7, 11) is 0. The Morgan fingerprint density at radius 2 is 1.40 bits per heavy atom. The number of halogens is 2. The minimum absolute atomic E-state index is 0.000893. The third-order valence-electron chi connectivity index (χ3n) is 9.79. The highest BCUT2D eigenvalue weighted by Crippen LogP contribution is 2.45.